The van der Waals surface area contributed by atoms with Crippen LogP contribution in [0.2, 0.25) is 0 Å². The third-order valence-electron chi connectivity index (χ3n) is 1.89. The summed E-state index contributed by atoms with van der Waals surface area (Å²) in [5, 5.41) is 8.64. The zero-order chi connectivity index (χ0) is 12.1. The highest BCUT2D eigenvalue weighted by atomic mass is 19.1. The number of nitriles is 1. The predicted octanol–water partition coefficient (Wildman–Crippen LogP) is 1.88. The predicted molar refractivity (Wildman–Crippen MR) is 53.6 cm³/mol. The molecule has 0 aliphatic rings. The second kappa shape index (κ2) is 5.12. The number of methoxy groups -OCH3 is 1. The third kappa shape index (κ3) is 2.28. The van der Waals surface area contributed by atoms with E-state index in [1.165, 1.54) is 13.2 Å². The van der Waals surface area contributed by atoms with Crippen LogP contribution in [0.5, 0.6) is 5.75 Å². The van der Waals surface area contributed by atoms with Gasteiger partial charge < -0.3 is 9.47 Å². The molecule has 0 aliphatic carbocycles. The van der Waals surface area contributed by atoms with Gasteiger partial charge in [-0.3, -0.25) is 0 Å². The van der Waals surface area contributed by atoms with Crippen LogP contribution in [0, 0.1) is 17.1 Å². The van der Waals surface area contributed by atoms with Crippen molar-refractivity contribution in [3.63, 3.8) is 0 Å². The van der Waals surface area contributed by atoms with E-state index in [9.17, 15) is 9.18 Å². The highest BCUT2D eigenvalue weighted by Crippen LogP contribution is 2.23. The van der Waals surface area contributed by atoms with E-state index in [0.29, 0.717) is 6.61 Å². The smallest absolute Gasteiger partial charge is 0.341 e. The van der Waals surface area contributed by atoms with Crippen molar-refractivity contribution < 1.29 is 18.7 Å². The monoisotopic (exact) mass is 223 g/mol. The largest absolute Gasteiger partial charge is 0.493 e. The van der Waals surface area contributed by atoms with Gasteiger partial charge in [0.05, 0.1) is 19.3 Å². The molecule has 0 N–H and O–H groups in total. The van der Waals surface area contributed by atoms with Crippen LogP contribution in [-0.2, 0) is 4.74 Å². The lowest BCUT2D eigenvalue weighted by Gasteiger charge is -2.09. The maximum absolute atomic E-state index is 13.3. The summed E-state index contributed by atoms with van der Waals surface area (Å²) in [7, 11) is 1.19. The van der Waals surface area contributed by atoms with E-state index >= 15 is 0 Å². The zero-order valence-electron chi connectivity index (χ0n) is 8.91. The van der Waals surface area contributed by atoms with Gasteiger partial charge in [-0.1, -0.05) is 0 Å². The van der Waals surface area contributed by atoms with Crippen LogP contribution in [0.3, 0.4) is 0 Å². The molecule has 0 aliphatic heterocycles. The first-order valence-corrected chi connectivity index (χ1v) is 4.58. The van der Waals surface area contributed by atoms with Gasteiger partial charge in [0.25, 0.3) is 0 Å². The average Bonchev–Trinajstić information content (AvgIpc) is 2.30. The van der Waals surface area contributed by atoms with Crippen molar-refractivity contribution >= 4 is 5.97 Å². The van der Waals surface area contributed by atoms with E-state index < -0.39 is 11.8 Å². The van der Waals surface area contributed by atoms with Crippen molar-refractivity contribution in [2.24, 2.45) is 0 Å². The number of hydrogen-bond donors (Lipinski definition) is 0. The minimum atomic E-state index is -0.772. The molecule has 0 heterocycles. The number of nitrogens with zero attached hydrogens (tertiary/aromatic N) is 1. The molecule has 0 bridgehead atoms. The molecule has 1 aromatic rings. The number of halogens is 1. The van der Waals surface area contributed by atoms with Gasteiger partial charge in [0, 0.05) is 6.07 Å². The van der Waals surface area contributed by atoms with E-state index in [4.69, 9.17) is 10.00 Å². The Bertz CT molecular complexity index is 451. The third-order valence-corrected chi connectivity index (χ3v) is 1.89. The topological polar surface area (TPSA) is 59.3 Å². The first-order valence-electron chi connectivity index (χ1n) is 4.58. The Hall–Kier alpha value is -2.09. The van der Waals surface area contributed by atoms with E-state index in [2.05, 4.69) is 4.74 Å². The molecule has 84 valence electrons. The van der Waals surface area contributed by atoms with Crippen LogP contribution in [0.25, 0.3) is 0 Å². The van der Waals surface area contributed by atoms with Gasteiger partial charge in [-0.25, -0.2) is 9.18 Å². The lowest BCUT2D eigenvalue weighted by molar-refractivity contribution is 0.0595. The van der Waals surface area contributed by atoms with Crippen LogP contribution in [-0.4, -0.2) is 19.7 Å². The zero-order valence-corrected chi connectivity index (χ0v) is 8.91. The van der Waals surface area contributed by atoms with Crippen LogP contribution in [0.1, 0.15) is 22.8 Å². The summed E-state index contributed by atoms with van der Waals surface area (Å²) in [6.45, 7) is 2.02. The summed E-state index contributed by atoms with van der Waals surface area (Å²) >= 11 is 0. The Kier molecular flexibility index (Phi) is 3.84. The average molecular weight is 223 g/mol. The number of ether oxygens (including phenoxy) is 2. The molecule has 0 fully saturated rings. The molecular formula is C11H10FNO3. The second-order valence-electron chi connectivity index (χ2n) is 2.86. The molecule has 0 saturated heterocycles. The van der Waals surface area contributed by atoms with Crippen LogP contribution < -0.4 is 4.74 Å². The first-order chi connectivity index (χ1) is 7.63. The second-order valence-corrected chi connectivity index (χ2v) is 2.86. The van der Waals surface area contributed by atoms with Crippen molar-refractivity contribution in [2.45, 2.75) is 6.92 Å². The molecule has 1 rings (SSSR count). The van der Waals surface area contributed by atoms with Crippen molar-refractivity contribution in [1.82, 2.24) is 0 Å². The van der Waals surface area contributed by atoms with Crippen LogP contribution >= 0.6 is 0 Å². The number of rotatable bonds is 3. The summed E-state index contributed by atoms with van der Waals surface area (Å²) in [6, 6.07) is 3.80. The summed E-state index contributed by atoms with van der Waals surface area (Å²) in [4.78, 5) is 11.3. The van der Waals surface area contributed by atoms with Gasteiger partial charge in [-0.05, 0) is 13.0 Å². The Labute approximate surface area is 92.2 Å². The van der Waals surface area contributed by atoms with E-state index in [0.717, 1.165) is 6.07 Å². The lowest BCUT2D eigenvalue weighted by Crippen LogP contribution is -2.07. The van der Waals surface area contributed by atoms with E-state index in [-0.39, 0.29) is 16.9 Å². The molecule has 4 nitrogen and oxygen atoms in total. The Morgan fingerprint density at radius 2 is 2.25 bits per heavy atom. The summed E-state index contributed by atoms with van der Waals surface area (Å²) in [5.41, 5.74) is -0.197. The van der Waals surface area contributed by atoms with Gasteiger partial charge in [-0.2, -0.15) is 5.26 Å². The van der Waals surface area contributed by atoms with Crippen molar-refractivity contribution in [3.8, 4) is 11.8 Å². The molecule has 0 unspecified atom stereocenters. The number of esters is 1. The van der Waals surface area contributed by atoms with Crippen LogP contribution in [0.4, 0.5) is 4.39 Å². The SMILES string of the molecule is CCOc1cc(C#N)c(F)cc1C(=O)OC. The lowest BCUT2D eigenvalue weighted by atomic mass is 10.1. The molecule has 0 amide bonds. The Morgan fingerprint density at radius 3 is 2.75 bits per heavy atom. The fourth-order valence-corrected chi connectivity index (χ4v) is 1.18. The molecule has 0 atom stereocenters. The molecule has 0 radical (unpaired) electrons. The fourth-order valence-electron chi connectivity index (χ4n) is 1.18. The van der Waals surface area contributed by atoms with Crippen molar-refractivity contribution in [3.05, 3.63) is 29.1 Å². The van der Waals surface area contributed by atoms with E-state index in [1.54, 1.807) is 13.0 Å². The quantitative estimate of drug-likeness (QED) is 0.734. The maximum atomic E-state index is 13.3. The summed E-state index contributed by atoms with van der Waals surface area (Å²) < 4.78 is 22.9. The van der Waals surface area contributed by atoms with Crippen molar-refractivity contribution in [1.29, 1.82) is 5.26 Å². The molecular weight excluding hydrogens is 213 g/mol. The summed E-state index contributed by atoms with van der Waals surface area (Å²) in [5.74, 6) is -1.33. The number of benzene rings is 1. The number of hydrogen-bond acceptors (Lipinski definition) is 4. The van der Waals surface area contributed by atoms with Gasteiger partial charge in [0.2, 0.25) is 0 Å². The molecule has 1 aromatic carbocycles. The molecule has 16 heavy (non-hydrogen) atoms. The van der Waals surface area contributed by atoms with Crippen LogP contribution in [0.15, 0.2) is 12.1 Å². The maximum Gasteiger partial charge on any atom is 0.341 e. The van der Waals surface area contributed by atoms with Gasteiger partial charge in [0.1, 0.15) is 23.2 Å². The normalized spacial score (nSPS) is 9.38. The minimum absolute atomic E-state index is 0.0270. The highest BCUT2D eigenvalue weighted by Gasteiger charge is 2.17. The molecule has 0 aromatic heterocycles. The summed E-state index contributed by atoms with van der Waals surface area (Å²) in [6.07, 6.45) is 0. The number of carbonyl (C=O) groups excluding carboxylic acids is 1. The van der Waals surface area contributed by atoms with Gasteiger partial charge in [0.15, 0.2) is 0 Å². The highest BCUT2D eigenvalue weighted by molar-refractivity contribution is 5.92. The van der Waals surface area contributed by atoms with Gasteiger partial charge in [-0.15, -0.1) is 0 Å². The van der Waals surface area contributed by atoms with Gasteiger partial charge >= 0.3 is 5.97 Å². The Balaban J connectivity index is 3.31. The molecule has 5 heteroatoms. The standard InChI is InChI=1S/C11H10FNO3/c1-3-16-10-4-7(6-13)9(12)5-8(10)11(14)15-2/h4-5H,3H2,1-2H3. The number of carbonyl (C=O) groups is 1. The molecule has 0 spiro atoms. The van der Waals surface area contributed by atoms with Crippen molar-refractivity contribution in [2.75, 3.05) is 13.7 Å². The first kappa shape index (κ1) is 12.0. The minimum Gasteiger partial charge on any atom is -0.493 e. The Morgan fingerprint density at radius 1 is 1.56 bits per heavy atom. The molecule has 0 saturated carbocycles. The fraction of sp³-hybridized carbons (Fsp3) is 0.273. The van der Waals surface area contributed by atoms with E-state index in [1.807, 2.05) is 0 Å².